The Morgan fingerprint density at radius 1 is 1.15 bits per heavy atom. The molecule has 1 aromatic heterocycles. The maximum atomic E-state index is 13.0. The first-order valence-electron chi connectivity index (χ1n) is 6.41. The zero-order valence-electron chi connectivity index (χ0n) is 11.2. The van der Waals surface area contributed by atoms with Crippen molar-refractivity contribution >= 4 is 0 Å². The number of pyridine rings is 1. The molecule has 0 saturated heterocycles. The van der Waals surface area contributed by atoms with Crippen LogP contribution in [0.25, 0.3) is 0 Å². The van der Waals surface area contributed by atoms with Gasteiger partial charge in [0.1, 0.15) is 12.4 Å². The van der Waals surface area contributed by atoms with Gasteiger partial charge >= 0.3 is 0 Å². The van der Waals surface area contributed by atoms with Crippen LogP contribution in [0.2, 0.25) is 0 Å². The second-order valence-corrected chi connectivity index (χ2v) is 4.30. The lowest BCUT2D eigenvalue weighted by Gasteiger charge is -2.07. The Bertz CT molecular complexity index is 558. The summed E-state index contributed by atoms with van der Waals surface area (Å²) in [6.45, 7) is 3.93. The van der Waals surface area contributed by atoms with Gasteiger partial charge < -0.3 is 10.1 Å². The van der Waals surface area contributed by atoms with E-state index in [9.17, 15) is 8.78 Å². The molecule has 0 saturated carbocycles. The molecule has 0 radical (unpaired) electrons. The fourth-order valence-electron chi connectivity index (χ4n) is 1.64. The normalized spacial score (nSPS) is 10.6. The Labute approximate surface area is 116 Å². The van der Waals surface area contributed by atoms with Crippen LogP contribution in [0.1, 0.15) is 18.2 Å². The van der Waals surface area contributed by atoms with Crippen LogP contribution in [0.4, 0.5) is 8.78 Å². The van der Waals surface area contributed by atoms with E-state index in [0.717, 1.165) is 36.5 Å². The van der Waals surface area contributed by atoms with Gasteiger partial charge in [0.15, 0.2) is 11.6 Å². The maximum absolute atomic E-state index is 13.0. The molecule has 2 rings (SSSR count). The second kappa shape index (κ2) is 6.96. The summed E-state index contributed by atoms with van der Waals surface area (Å²) >= 11 is 0. The minimum atomic E-state index is -0.920. The van der Waals surface area contributed by atoms with Gasteiger partial charge in [-0.25, -0.2) is 8.78 Å². The summed E-state index contributed by atoms with van der Waals surface area (Å²) in [4.78, 5) is 4.25. The molecular weight excluding hydrogens is 262 g/mol. The van der Waals surface area contributed by atoms with Crippen molar-refractivity contribution in [3.8, 4) is 5.75 Å². The topological polar surface area (TPSA) is 34.1 Å². The minimum absolute atomic E-state index is 0.215. The number of benzene rings is 1. The first-order valence-corrected chi connectivity index (χ1v) is 6.41. The number of halogens is 2. The number of aromatic nitrogens is 1. The van der Waals surface area contributed by atoms with Crippen molar-refractivity contribution in [3.63, 3.8) is 0 Å². The quantitative estimate of drug-likeness (QED) is 0.882. The summed E-state index contributed by atoms with van der Waals surface area (Å²) in [5, 5.41) is 3.20. The van der Waals surface area contributed by atoms with E-state index in [1.54, 1.807) is 6.20 Å². The van der Waals surface area contributed by atoms with Gasteiger partial charge in [-0.2, -0.15) is 0 Å². The monoisotopic (exact) mass is 278 g/mol. The van der Waals surface area contributed by atoms with Crippen molar-refractivity contribution in [1.82, 2.24) is 10.3 Å². The lowest BCUT2D eigenvalue weighted by atomic mass is 10.2. The number of hydrogen-bond donors (Lipinski definition) is 1. The summed E-state index contributed by atoms with van der Waals surface area (Å²) in [7, 11) is 0. The van der Waals surface area contributed by atoms with E-state index < -0.39 is 11.6 Å². The van der Waals surface area contributed by atoms with Crippen LogP contribution in [0.15, 0.2) is 36.5 Å². The number of nitrogens with one attached hydrogen (secondary N) is 1. The fourth-order valence-corrected chi connectivity index (χ4v) is 1.64. The molecule has 0 fully saturated rings. The zero-order valence-corrected chi connectivity index (χ0v) is 11.2. The number of ether oxygens (including phenoxy) is 1. The van der Waals surface area contributed by atoms with Crippen LogP contribution >= 0.6 is 0 Å². The molecule has 5 heteroatoms. The first-order chi connectivity index (χ1) is 9.69. The van der Waals surface area contributed by atoms with Crippen molar-refractivity contribution in [2.45, 2.75) is 20.1 Å². The number of hydrogen-bond acceptors (Lipinski definition) is 3. The van der Waals surface area contributed by atoms with E-state index >= 15 is 0 Å². The molecule has 106 valence electrons. The average molecular weight is 278 g/mol. The highest BCUT2D eigenvalue weighted by Crippen LogP contribution is 2.16. The van der Waals surface area contributed by atoms with Crippen LogP contribution in [-0.4, -0.2) is 11.5 Å². The number of nitrogens with zero attached hydrogens (tertiary/aromatic N) is 1. The molecule has 3 nitrogen and oxygen atoms in total. The van der Waals surface area contributed by atoms with Gasteiger partial charge in [0.25, 0.3) is 0 Å². The molecule has 1 heterocycles. The highest BCUT2D eigenvalue weighted by Gasteiger charge is 2.04. The molecule has 0 aliphatic rings. The van der Waals surface area contributed by atoms with Crippen LogP contribution < -0.4 is 10.1 Å². The van der Waals surface area contributed by atoms with Gasteiger partial charge in [0.2, 0.25) is 0 Å². The van der Waals surface area contributed by atoms with Crippen molar-refractivity contribution < 1.29 is 13.5 Å². The van der Waals surface area contributed by atoms with Gasteiger partial charge in [-0.05, 0) is 30.3 Å². The van der Waals surface area contributed by atoms with Gasteiger partial charge in [-0.1, -0.05) is 13.0 Å². The van der Waals surface area contributed by atoms with Gasteiger partial charge in [-0.15, -0.1) is 0 Å². The third-order valence-electron chi connectivity index (χ3n) is 2.74. The Kier molecular flexibility index (Phi) is 5.01. The van der Waals surface area contributed by atoms with Crippen LogP contribution in [0.5, 0.6) is 5.75 Å². The average Bonchev–Trinajstić information content (AvgIpc) is 2.47. The largest absolute Gasteiger partial charge is 0.487 e. The second-order valence-electron chi connectivity index (χ2n) is 4.30. The fraction of sp³-hybridized carbons (Fsp3) is 0.267. The van der Waals surface area contributed by atoms with Crippen molar-refractivity contribution in [3.05, 3.63) is 59.4 Å². The summed E-state index contributed by atoms with van der Waals surface area (Å²) in [5.41, 5.74) is 1.82. The molecular formula is C15H16F2N2O. The van der Waals surface area contributed by atoms with Gasteiger partial charge in [0, 0.05) is 18.8 Å². The summed E-state index contributed by atoms with van der Waals surface area (Å²) in [6.07, 6.45) is 1.77. The lowest BCUT2D eigenvalue weighted by Crippen LogP contribution is -2.12. The molecule has 0 spiro atoms. The molecule has 1 N–H and O–H groups in total. The Morgan fingerprint density at radius 2 is 2.00 bits per heavy atom. The van der Waals surface area contributed by atoms with Crippen molar-refractivity contribution in [2.24, 2.45) is 0 Å². The van der Waals surface area contributed by atoms with Crippen molar-refractivity contribution in [2.75, 3.05) is 6.54 Å². The predicted molar refractivity (Wildman–Crippen MR) is 72.3 cm³/mol. The van der Waals surface area contributed by atoms with Crippen LogP contribution in [-0.2, 0) is 13.2 Å². The standard InChI is InChI=1S/C15H16F2N2O/c1-2-18-8-11-3-4-12(19-9-11)10-20-13-5-6-14(16)15(17)7-13/h3-7,9,18H,2,8,10H2,1H3. The van der Waals surface area contributed by atoms with Gasteiger partial charge in [-0.3, -0.25) is 4.98 Å². The third-order valence-corrected chi connectivity index (χ3v) is 2.74. The van der Waals surface area contributed by atoms with E-state index in [-0.39, 0.29) is 12.4 Å². The smallest absolute Gasteiger partial charge is 0.162 e. The molecule has 0 amide bonds. The van der Waals surface area contributed by atoms with Crippen LogP contribution in [0, 0.1) is 11.6 Å². The summed E-state index contributed by atoms with van der Waals surface area (Å²) in [6, 6.07) is 7.26. The van der Waals surface area contributed by atoms with E-state index in [1.165, 1.54) is 6.07 Å². The highest BCUT2D eigenvalue weighted by molar-refractivity contribution is 5.24. The molecule has 0 atom stereocenters. The Morgan fingerprint density at radius 3 is 2.65 bits per heavy atom. The van der Waals surface area contributed by atoms with E-state index in [1.807, 2.05) is 19.1 Å². The molecule has 0 bridgehead atoms. The highest BCUT2D eigenvalue weighted by atomic mass is 19.2. The Hall–Kier alpha value is -2.01. The van der Waals surface area contributed by atoms with Crippen molar-refractivity contribution in [1.29, 1.82) is 0 Å². The van der Waals surface area contributed by atoms with E-state index in [4.69, 9.17) is 4.74 Å². The molecule has 0 aliphatic carbocycles. The molecule has 2 aromatic rings. The minimum Gasteiger partial charge on any atom is -0.487 e. The first kappa shape index (κ1) is 14.4. The van der Waals surface area contributed by atoms with E-state index in [0.29, 0.717) is 0 Å². The maximum Gasteiger partial charge on any atom is 0.162 e. The van der Waals surface area contributed by atoms with Gasteiger partial charge in [0.05, 0.1) is 5.69 Å². The van der Waals surface area contributed by atoms with E-state index in [2.05, 4.69) is 10.3 Å². The Balaban J connectivity index is 1.91. The molecule has 0 unspecified atom stereocenters. The summed E-state index contributed by atoms with van der Waals surface area (Å²) < 4.78 is 31.1. The third kappa shape index (κ3) is 3.99. The summed E-state index contributed by atoms with van der Waals surface area (Å²) in [5.74, 6) is -1.53. The number of rotatable bonds is 6. The van der Waals surface area contributed by atoms with Crippen LogP contribution in [0.3, 0.4) is 0 Å². The SMILES string of the molecule is CCNCc1ccc(COc2ccc(F)c(F)c2)nc1. The molecule has 1 aromatic carbocycles. The molecule has 20 heavy (non-hydrogen) atoms. The predicted octanol–water partition coefficient (Wildman–Crippen LogP) is 3.05. The molecule has 0 aliphatic heterocycles. The zero-order chi connectivity index (χ0) is 14.4. The lowest BCUT2D eigenvalue weighted by molar-refractivity contribution is 0.298.